The van der Waals surface area contributed by atoms with E-state index in [0.29, 0.717) is 0 Å². The first-order valence-corrected chi connectivity index (χ1v) is 6.01. The maximum atomic E-state index is 12.4. The van der Waals surface area contributed by atoms with Crippen LogP contribution in [0.5, 0.6) is 0 Å². The molecule has 3 heteroatoms. The molecule has 0 bridgehead atoms. The van der Waals surface area contributed by atoms with Crippen molar-refractivity contribution in [1.82, 2.24) is 4.90 Å². The van der Waals surface area contributed by atoms with Gasteiger partial charge >= 0.3 is 18.9 Å². The predicted octanol–water partition coefficient (Wildman–Crippen LogP) is 2.26. The molecule has 0 spiro atoms. The van der Waals surface area contributed by atoms with E-state index in [1.807, 2.05) is 60.7 Å². The van der Waals surface area contributed by atoms with Gasteiger partial charge in [-0.1, -0.05) is 60.7 Å². The fourth-order valence-electron chi connectivity index (χ4n) is 2.03. The predicted molar refractivity (Wildman–Crippen MR) is 80.6 cm³/mol. The molecule has 2 rings (SSSR count). The number of rotatable bonds is 3. The molecule has 0 radical (unpaired) electrons. The van der Waals surface area contributed by atoms with E-state index in [1.54, 1.807) is 19.0 Å². The molecule has 2 aromatic rings. The zero-order chi connectivity index (χ0) is 13.0. The number of carbonyl (C=O) groups is 1. The van der Waals surface area contributed by atoms with Crippen molar-refractivity contribution in [2.45, 2.75) is 5.92 Å². The van der Waals surface area contributed by atoms with Crippen molar-refractivity contribution in [2.24, 2.45) is 0 Å². The maximum absolute atomic E-state index is 12.4. The summed E-state index contributed by atoms with van der Waals surface area (Å²) in [7, 11) is 3.59. The Kier molecular flexibility index (Phi) is 5.88. The number of nitrogens with zero attached hydrogens (tertiary/aromatic N) is 1. The first-order valence-electron chi connectivity index (χ1n) is 6.01. The van der Waals surface area contributed by atoms with Crippen LogP contribution in [0.25, 0.3) is 0 Å². The average molecular weight is 247 g/mol. The normalized spacial score (nSPS) is 9.84. The van der Waals surface area contributed by atoms with Crippen LogP contribution in [0, 0.1) is 0 Å². The standard InChI is InChI=1S/C16H17NO.Li.H/c1-17(2)16(18)15(13-9-5-3-6-10-13)14-11-7-4-8-12-14;;/h3-12,15H,1-2H3;;. The average Bonchev–Trinajstić information content (AvgIpc) is 2.41. The van der Waals surface area contributed by atoms with Gasteiger partial charge in [0.25, 0.3) is 0 Å². The van der Waals surface area contributed by atoms with E-state index in [0.717, 1.165) is 11.1 Å². The summed E-state index contributed by atoms with van der Waals surface area (Å²) in [6.45, 7) is 0. The summed E-state index contributed by atoms with van der Waals surface area (Å²) in [5, 5.41) is 0. The van der Waals surface area contributed by atoms with E-state index in [4.69, 9.17) is 0 Å². The second-order valence-electron chi connectivity index (χ2n) is 4.49. The quantitative estimate of drug-likeness (QED) is 0.762. The van der Waals surface area contributed by atoms with Gasteiger partial charge in [-0.2, -0.15) is 0 Å². The van der Waals surface area contributed by atoms with Crippen molar-refractivity contribution in [3.63, 3.8) is 0 Å². The van der Waals surface area contributed by atoms with Crippen molar-refractivity contribution in [1.29, 1.82) is 0 Å². The second kappa shape index (κ2) is 7.18. The van der Waals surface area contributed by atoms with Gasteiger partial charge in [0.2, 0.25) is 5.91 Å². The Morgan fingerprint density at radius 1 is 0.842 bits per heavy atom. The minimum absolute atomic E-state index is 0. The fourth-order valence-corrected chi connectivity index (χ4v) is 2.03. The Morgan fingerprint density at radius 3 is 1.53 bits per heavy atom. The topological polar surface area (TPSA) is 20.3 Å². The molecule has 19 heavy (non-hydrogen) atoms. The Morgan fingerprint density at radius 2 is 1.21 bits per heavy atom. The van der Waals surface area contributed by atoms with Crippen LogP contribution in [-0.4, -0.2) is 43.8 Å². The van der Waals surface area contributed by atoms with E-state index in [1.165, 1.54) is 0 Å². The van der Waals surface area contributed by atoms with Gasteiger partial charge in [-0.3, -0.25) is 4.79 Å². The molecular weight excluding hydrogens is 229 g/mol. The van der Waals surface area contributed by atoms with E-state index in [2.05, 4.69) is 0 Å². The molecule has 94 valence electrons. The van der Waals surface area contributed by atoms with Crippen molar-refractivity contribution in [2.75, 3.05) is 14.1 Å². The van der Waals surface area contributed by atoms with Gasteiger partial charge in [0, 0.05) is 14.1 Å². The number of hydrogen-bond donors (Lipinski definition) is 0. The Hall–Kier alpha value is -1.49. The summed E-state index contributed by atoms with van der Waals surface area (Å²) in [5.41, 5.74) is 2.06. The number of likely N-dealkylation sites (N-methyl/N-ethyl adjacent to an activating group) is 1. The van der Waals surface area contributed by atoms with Crippen LogP contribution in [-0.2, 0) is 4.79 Å². The number of carbonyl (C=O) groups excluding carboxylic acids is 1. The zero-order valence-corrected chi connectivity index (χ0v) is 10.7. The number of hydrogen-bond acceptors (Lipinski definition) is 1. The fraction of sp³-hybridized carbons (Fsp3) is 0.188. The Balaban J connectivity index is 0.00000180. The summed E-state index contributed by atoms with van der Waals surface area (Å²) >= 11 is 0. The summed E-state index contributed by atoms with van der Waals surface area (Å²) in [5.74, 6) is -0.116. The Labute approximate surface area is 126 Å². The van der Waals surface area contributed by atoms with Crippen LogP contribution in [0.2, 0.25) is 0 Å². The van der Waals surface area contributed by atoms with Crippen molar-refractivity contribution in [3.8, 4) is 0 Å². The molecule has 0 aromatic heterocycles. The molecule has 0 aliphatic rings. The molecule has 0 aliphatic heterocycles. The van der Waals surface area contributed by atoms with E-state index in [-0.39, 0.29) is 30.7 Å². The van der Waals surface area contributed by atoms with Crippen LogP contribution in [0.1, 0.15) is 17.0 Å². The molecule has 2 nitrogen and oxygen atoms in total. The van der Waals surface area contributed by atoms with E-state index >= 15 is 0 Å². The van der Waals surface area contributed by atoms with Crippen LogP contribution < -0.4 is 0 Å². The van der Waals surface area contributed by atoms with E-state index in [9.17, 15) is 4.79 Å². The summed E-state index contributed by atoms with van der Waals surface area (Å²) < 4.78 is 0. The molecule has 0 fully saturated rings. The molecule has 0 unspecified atom stereocenters. The molecule has 0 atom stereocenters. The van der Waals surface area contributed by atoms with E-state index < -0.39 is 0 Å². The Bertz CT molecular complexity index is 471. The van der Waals surface area contributed by atoms with Crippen LogP contribution >= 0.6 is 0 Å². The van der Waals surface area contributed by atoms with Gasteiger partial charge in [0.15, 0.2) is 0 Å². The third-order valence-corrected chi connectivity index (χ3v) is 2.95. The summed E-state index contributed by atoms with van der Waals surface area (Å²) in [4.78, 5) is 14.0. The van der Waals surface area contributed by atoms with Crippen molar-refractivity contribution >= 4 is 24.8 Å². The monoisotopic (exact) mass is 247 g/mol. The third kappa shape index (κ3) is 3.73. The van der Waals surface area contributed by atoms with Gasteiger partial charge in [0.1, 0.15) is 0 Å². The molecule has 0 N–H and O–H groups in total. The van der Waals surface area contributed by atoms with Crippen LogP contribution in [0.15, 0.2) is 60.7 Å². The molecule has 2 aromatic carbocycles. The molecule has 0 saturated carbocycles. The molecule has 1 amide bonds. The third-order valence-electron chi connectivity index (χ3n) is 2.95. The molecule has 0 aliphatic carbocycles. The molecule has 0 saturated heterocycles. The van der Waals surface area contributed by atoms with Crippen LogP contribution in [0.3, 0.4) is 0 Å². The van der Waals surface area contributed by atoms with Gasteiger partial charge in [-0.05, 0) is 11.1 Å². The van der Waals surface area contributed by atoms with Gasteiger partial charge in [-0.15, -0.1) is 0 Å². The van der Waals surface area contributed by atoms with Crippen molar-refractivity contribution in [3.05, 3.63) is 71.8 Å². The first-order chi connectivity index (χ1) is 8.70. The van der Waals surface area contributed by atoms with Gasteiger partial charge < -0.3 is 4.90 Å². The summed E-state index contributed by atoms with van der Waals surface area (Å²) in [6.07, 6.45) is 0. The number of benzene rings is 2. The summed E-state index contributed by atoms with van der Waals surface area (Å²) in [6, 6.07) is 19.8. The van der Waals surface area contributed by atoms with Crippen LogP contribution in [0.4, 0.5) is 0 Å². The van der Waals surface area contributed by atoms with Gasteiger partial charge in [0.05, 0.1) is 5.92 Å². The zero-order valence-electron chi connectivity index (χ0n) is 10.7. The SMILES string of the molecule is CN(C)C(=O)C(c1ccccc1)c1ccccc1.[LiH]. The van der Waals surface area contributed by atoms with Crippen molar-refractivity contribution < 1.29 is 4.79 Å². The first kappa shape index (κ1) is 15.6. The minimum atomic E-state index is -0.220. The van der Waals surface area contributed by atoms with Gasteiger partial charge in [-0.25, -0.2) is 0 Å². The molecular formula is C16H18LiNO. The molecule has 0 heterocycles. The second-order valence-corrected chi connectivity index (χ2v) is 4.49. The number of amides is 1.